The third kappa shape index (κ3) is 5.28. The highest BCUT2D eigenvalue weighted by molar-refractivity contribution is 7.92. The fourth-order valence-corrected chi connectivity index (χ4v) is 6.40. The molecule has 1 N–H and O–H groups in total. The molecular formula is C20H22F2N2O5S2. The monoisotopic (exact) mass is 472 g/mol. The minimum absolute atomic E-state index is 0.217. The van der Waals surface area contributed by atoms with Gasteiger partial charge in [0.05, 0.1) is 10.1 Å². The molecule has 0 unspecified atom stereocenters. The van der Waals surface area contributed by atoms with Gasteiger partial charge < -0.3 is 4.90 Å². The third-order valence-corrected chi connectivity index (χ3v) is 8.91. The van der Waals surface area contributed by atoms with E-state index in [0.29, 0.717) is 0 Å². The van der Waals surface area contributed by atoms with E-state index in [1.807, 2.05) is 4.72 Å². The fraction of sp³-hybridized carbons (Fsp3) is 0.350. The molecule has 0 radical (unpaired) electrons. The van der Waals surface area contributed by atoms with Crippen LogP contribution in [0.4, 0.5) is 8.78 Å². The molecule has 0 aromatic heterocycles. The fourth-order valence-electron chi connectivity index (χ4n) is 3.48. The maximum absolute atomic E-state index is 13.7. The average Bonchev–Trinajstić information content (AvgIpc) is 2.74. The Hall–Kier alpha value is -2.37. The van der Waals surface area contributed by atoms with Crippen LogP contribution in [0, 0.1) is 11.6 Å². The number of rotatable bonds is 7. The van der Waals surface area contributed by atoms with Gasteiger partial charge >= 0.3 is 0 Å². The maximum Gasteiger partial charge on any atom is 0.246 e. The van der Waals surface area contributed by atoms with Gasteiger partial charge in [-0.15, -0.1) is 0 Å². The zero-order valence-corrected chi connectivity index (χ0v) is 18.1. The Kier molecular flexibility index (Phi) is 7.07. The van der Waals surface area contributed by atoms with Crippen molar-refractivity contribution >= 4 is 25.8 Å². The van der Waals surface area contributed by atoms with Crippen molar-refractivity contribution in [1.29, 1.82) is 0 Å². The number of hydrogen-bond donors (Lipinski definition) is 1. The smallest absolute Gasteiger partial charge is 0.246 e. The van der Waals surface area contributed by atoms with Gasteiger partial charge in [0.2, 0.25) is 15.9 Å². The molecule has 1 aliphatic rings. The molecule has 0 atom stereocenters. The van der Waals surface area contributed by atoms with E-state index in [1.54, 1.807) is 18.2 Å². The van der Waals surface area contributed by atoms with Gasteiger partial charge in [-0.1, -0.05) is 24.3 Å². The van der Waals surface area contributed by atoms with E-state index in [4.69, 9.17) is 0 Å². The quantitative estimate of drug-likeness (QED) is 0.665. The minimum atomic E-state index is -4.46. The zero-order valence-electron chi connectivity index (χ0n) is 16.5. The number of carbonyl (C=O) groups is 1. The van der Waals surface area contributed by atoms with Gasteiger partial charge in [-0.25, -0.2) is 30.3 Å². The van der Waals surface area contributed by atoms with E-state index in [2.05, 4.69) is 0 Å². The molecule has 168 valence electrons. The summed E-state index contributed by atoms with van der Waals surface area (Å²) >= 11 is 0. The predicted molar refractivity (Wildman–Crippen MR) is 109 cm³/mol. The molecule has 11 heteroatoms. The van der Waals surface area contributed by atoms with Crippen LogP contribution in [0.5, 0.6) is 0 Å². The summed E-state index contributed by atoms with van der Waals surface area (Å²) in [5.41, 5.74) is 0. The molecule has 1 fully saturated rings. The molecule has 0 aliphatic carbocycles. The largest absolute Gasteiger partial charge is 0.343 e. The second-order valence-electron chi connectivity index (χ2n) is 7.14. The van der Waals surface area contributed by atoms with Crippen molar-refractivity contribution < 1.29 is 30.4 Å². The molecule has 1 aliphatic heterocycles. The highest BCUT2D eigenvalue weighted by Crippen LogP contribution is 2.25. The average molecular weight is 473 g/mol. The lowest BCUT2D eigenvalue weighted by Crippen LogP contribution is -2.43. The van der Waals surface area contributed by atoms with Crippen LogP contribution in [0.1, 0.15) is 19.3 Å². The Morgan fingerprint density at radius 2 is 1.52 bits per heavy atom. The lowest BCUT2D eigenvalue weighted by atomic mass is 10.1. The molecule has 0 spiro atoms. The van der Waals surface area contributed by atoms with E-state index in [1.165, 1.54) is 17.0 Å². The Morgan fingerprint density at radius 3 is 2.10 bits per heavy atom. The first kappa shape index (κ1) is 23.3. The minimum Gasteiger partial charge on any atom is -0.343 e. The van der Waals surface area contributed by atoms with Crippen LogP contribution in [0.2, 0.25) is 0 Å². The number of carbonyl (C=O) groups excluding carboxylic acids is 1. The summed E-state index contributed by atoms with van der Waals surface area (Å²) in [6.45, 7) is 0.117. The number of nitrogens with zero attached hydrogens (tertiary/aromatic N) is 1. The topological polar surface area (TPSA) is 101 Å². The molecule has 1 saturated heterocycles. The highest BCUT2D eigenvalue weighted by atomic mass is 32.2. The van der Waals surface area contributed by atoms with Crippen LogP contribution in [0.25, 0.3) is 0 Å². The molecular weight excluding hydrogens is 450 g/mol. The number of hydrogen-bond acceptors (Lipinski definition) is 5. The van der Waals surface area contributed by atoms with Crippen molar-refractivity contribution in [3.8, 4) is 0 Å². The Balaban J connectivity index is 1.53. The van der Waals surface area contributed by atoms with E-state index in [9.17, 15) is 30.4 Å². The number of nitrogens with one attached hydrogen (secondary N) is 1. The summed E-state index contributed by atoms with van der Waals surface area (Å²) in [4.78, 5) is 13.0. The van der Waals surface area contributed by atoms with Gasteiger partial charge in [-0.2, -0.15) is 0 Å². The molecule has 1 heterocycles. The molecule has 0 saturated carbocycles. The van der Waals surface area contributed by atoms with Crippen molar-refractivity contribution in [2.45, 2.75) is 34.3 Å². The summed E-state index contributed by atoms with van der Waals surface area (Å²) in [7, 11) is -7.94. The predicted octanol–water partition coefficient (Wildman–Crippen LogP) is 2.10. The van der Waals surface area contributed by atoms with Crippen molar-refractivity contribution in [3.05, 3.63) is 60.2 Å². The van der Waals surface area contributed by atoms with E-state index >= 15 is 0 Å². The molecule has 7 nitrogen and oxygen atoms in total. The third-order valence-electron chi connectivity index (χ3n) is 5.12. The number of halogens is 2. The molecule has 3 rings (SSSR count). The molecule has 2 aromatic carbocycles. The lowest BCUT2D eigenvalue weighted by molar-refractivity contribution is -0.131. The molecule has 2 aromatic rings. The van der Waals surface area contributed by atoms with Gasteiger partial charge in [-0.05, 0) is 37.1 Å². The SMILES string of the molecule is O=C(CCNS(=O)(=O)c1c(F)cccc1F)N1CCC(S(=O)(=O)c2ccccc2)CC1. The van der Waals surface area contributed by atoms with Gasteiger partial charge in [0.15, 0.2) is 14.7 Å². The van der Waals surface area contributed by atoms with Crippen molar-refractivity contribution in [2.75, 3.05) is 19.6 Å². The normalized spacial score (nSPS) is 15.7. The van der Waals surface area contributed by atoms with E-state index in [-0.39, 0.29) is 49.7 Å². The standard InChI is InChI=1S/C20H22F2N2O5S2/c21-17-7-4-8-18(22)20(17)31(28,29)23-12-9-19(25)24-13-10-16(11-14-24)30(26,27)15-5-2-1-3-6-15/h1-8,16,23H,9-14H2. The number of likely N-dealkylation sites (tertiary alicyclic amines) is 1. The number of sulfonamides is 1. The first-order chi connectivity index (χ1) is 14.6. The van der Waals surface area contributed by atoms with Crippen LogP contribution < -0.4 is 4.72 Å². The van der Waals surface area contributed by atoms with Crippen LogP contribution in [0.15, 0.2) is 58.3 Å². The van der Waals surface area contributed by atoms with Gasteiger partial charge in [0.25, 0.3) is 0 Å². The van der Waals surface area contributed by atoms with E-state index < -0.39 is 41.6 Å². The van der Waals surface area contributed by atoms with Crippen molar-refractivity contribution in [1.82, 2.24) is 9.62 Å². The van der Waals surface area contributed by atoms with Gasteiger partial charge in [-0.3, -0.25) is 4.79 Å². The van der Waals surface area contributed by atoms with Gasteiger partial charge in [0.1, 0.15) is 11.6 Å². The second kappa shape index (κ2) is 9.41. The van der Waals surface area contributed by atoms with Crippen LogP contribution in [0.3, 0.4) is 0 Å². The molecule has 1 amide bonds. The number of benzene rings is 2. The molecule has 0 bridgehead atoms. The number of piperidine rings is 1. The Labute approximate surface area is 180 Å². The van der Waals surface area contributed by atoms with Crippen LogP contribution in [-0.4, -0.2) is 52.5 Å². The van der Waals surface area contributed by atoms with Crippen molar-refractivity contribution in [2.24, 2.45) is 0 Å². The Bertz CT molecular complexity index is 1130. The maximum atomic E-state index is 13.7. The molecule has 31 heavy (non-hydrogen) atoms. The summed E-state index contributed by atoms with van der Waals surface area (Å²) in [5, 5.41) is -0.596. The highest BCUT2D eigenvalue weighted by Gasteiger charge is 2.32. The first-order valence-electron chi connectivity index (χ1n) is 9.63. The summed E-state index contributed by atoms with van der Waals surface area (Å²) in [6.07, 6.45) is 0.329. The van der Waals surface area contributed by atoms with E-state index in [0.717, 1.165) is 18.2 Å². The second-order valence-corrected chi connectivity index (χ2v) is 11.1. The summed E-state index contributed by atoms with van der Waals surface area (Å²) < 4.78 is 79.1. The van der Waals surface area contributed by atoms with Gasteiger partial charge in [0, 0.05) is 26.1 Å². The van der Waals surface area contributed by atoms with Crippen LogP contribution >= 0.6 is 0 Å². The van der Waals surface area contributed by atoms with Crippen LogP contribution in [-0.2, 0) is 24.7 Å². The zero-order chi connectivity index (χ0) is 22.6. The number of sulfone groups is 1. The summed E-state index contributed by atoms with van der Waals surface area (Å²) in [5.74, 6) is -2.81. The lowest BCUT2D eigenvalue weighted by Gasteiger charge is -2.31. The summed E-state index contributed by atoms with van der Waals surface area (Å²) in [6, 6.07) is 10.8. The first-order valence-corrected chi connectivity index (χ1v) is 12.7. The number of amides is 1. The van der Waals surface area contributed by atoms with Crippen molar-refractivity contribution in [3.63, 3.8) is 0 Å². The Morgan fingerprint density at radius 1 is 0.935 bits per heavy atom.